The molecule has 0 unspecified atom stereocenters. The Morgan fingerprint density at radius 2 is 2.14 bits per heavy atom. The number of rotatable bonds is 4. The Kier molecular flexibility index (Phi) is 4.37. The Balaban J connectivity index is 1.90. The second-order valence-corrected chi connectivity index (χ2v) is 4.69. The Morgan fingerprint density at radius 1 is 1.43 bits per heavy atom. The Morgan fingerprint density at radius 3 is 2.86 bits per heavy atom. The minimum Gasteiger partial charge on any atom is -0.398 e. The third-order valence-electron chi connectivity index (χ3n) is 3.14. The Bertz CT molecular complexity index is 625. The average Bonchev–Trinajstić information content (AvgIpc) is 2.44. The molecule has 3 N–H and O–H groups in total. The fourth-order valence-corrected chi connectivity index (χ4v) is 1.95. The van der Waals surface area contributed by atoms with Crippen molar-refractivity contribution in [3.63, 3.8) is 0 Å². The van der Waals surface area contributed by atoms with Crippen molar-refractivity contribution in [2.24, 2.45) is 0 Å². The smallest absolute Gasteiger partial charge is 0.253 e. The van der Waals surface area contributed by atoms with Crippen LogP contribution >= 0.6 is 0 Å². The quantitative estimate of drug-likeness (QED) is 0.827. The maximum absolute atomic E-state index is 13.4. The highest BCUT2D eigenvalue weighted by Gasteiger charge is 2.21. The molecule has 0 atom stereocenters. The van der Waals surface area contributed by atoms with Gasteiger partial charge < -0.3 is 16.0 Å². The van der Waals surface area contributed by atoms with Gasteiger partial charge in [-0.25, -0.2) is 4.39 Å². The molecule has 1 aliphatic rings. The molecule has 0 aromatic heterocycles. The number of benzene rings is 1. The van der Waals surface area contributed by atoms with Gasteiger partial charge >= 0.3 is 0 Å². The normalized spacial score (nSPS) is 14.9. The highest BCUT2D eigenvalue weighted by Crippen LogP contribution is 2.21. The van der Waals surface area contributed by atoms with Gasteiger partial charge in [0.25, 0.3) is 5.91 Å². The number of nitrogens with one attached hydrogen (secondary N) is 1. The summed E-state index contributed by atoms with van der Waals surface area (Å²) in [6.45, 7) is 3.86. The summed E-state index contributed by atoms with van der Waals surface area (Å²) in [4.78, 5) is 24.8. The number of nitrogens with zero attached hydrogens (tertiary/aromatic N) is 1. The lowest BCUT2D eigenvalue weighted by molar-refractivity contribution is -0.128. The Hall–Kier alpha value is -2.63. The molecule has 1 heterocycles. The second-order valence-electron chi connectivity index (χ2n) is 4.69. The first-order valence-electron chi connectivity index (χ1n) is 6.46. The van der Waals surface area contributed by atoms with Crippen LogP contribution in [-0.4, -0.2) is 29.8 Å². The highest BCUT2D eigenvalue weighted by atomic mass is 19.1. The van der Waals surface area contributed by atoms with Crippen LogP contribution in [0.1, 0.15) is 16.8 Å². The van der Waals surface area contributed by atoms with E-state index in [2.05, 4.69) is 11.9 Å². The summed E-state index contributed by atoms with van der Waals surface area (Å²) >= 11 is 0. The van der Waals surface area contributed by atoms with E-state index in [9.17, 15) is 14.0 Å². The van der Waals surface area contributed by atoms with Crippen molar-refractivity contribution in [1.82, 2.24) is 10.2 Å². The maximum atomic E-state index is 13.4. The van der Waals surface area contributed by atoms with E-state index < -0.39 is 5.83 Å². The SMILES string of the molecule is C=C1CC(=O)N(CCNC(=O)c2ccccc2N)C=C1F. The van der Waals surface area contributed by atoms with Crippen LogP contribution in [0.2, 0.25) is 0 Å². The van der Waals surface area contributed by atoms with E-state index in [1.807, 2.05) is 0 Å². The molecule has 0 aliphatic carbocycles. The zero-order valence-electron chi connectivity index (χ0n) is 11.4. The summed E-state index contributed by atoms with van der Waals surface area (Å²) < 4.78 is 13.4. The van der Waals surface area contributed by atoms with Crippen LogP contribution in [0.15, 0.2) is 48.4 Å². The summed E-state index contributed by atoms with van der Waals surface area (Å²) in [7, 11) is 0. The van der Waals surface area contributed by atoms with Crippen molar-refractivity contribution < 1.29 is 14.0 Å². The monoisotopic (exact) mass is 289 g/mol. The van der Waals surface area contributed by atoms with E-state index in [0.717, 1.165) is 6.20 Å². The van der Waals surface area contributed by atoms with Crippen molar-refractivity contribution in [1.29, 1.82) is 0 Å². The molecule has 1 aromatic carbocycles. The van der Waals surface area contributed by atoms with Crippen LogP contribution in [0.5, 0.6) is 0 Å². The molecule has 6 heteroatoms. The van der Waals surface area contributed by atoms with Crippen LogP contribution in [0, 0.1) is 0 Å². The van der Waals surface area contributed by atoms with Gasteiger partial charge in [-0.15, -0.1) is 0 Å². The first kappa shape index (κ1) is 14.8. The lowest BCUT2D eigenvalue weighted by Crippen LogP contribution is -2.37. The van der Waals surface area contributed by atoms with Gasteiger partial charge in [0.05, 0.1) is 12.0 Å². The van der Waals surface area contributed by atoms with Gasteiger partial charge in [-0.3, -0.25) is 9.59 Å². The molecule has 1 aliphatic heterocycles. The summed E-state index contributed by atoms with van der Waals surface area (Å²) in [5.74, 6) is -1.07. The minimum absolute atomic E-state index is 0.0398. The first-order chi connectivity index (χ1) is 9.99. The third-order valence-corrected chi connectivity index (χ3v) is 3.14. The highest BCUT2D eigenvalue weighted by molar-refractivity contribution is 5.99. The second kappa shape index (κ2) is 6.21. The first-order valence-corrected chi connectivity index (χ1v) is 6.46. The summed E-state index contributed by atoms with van der Waals surface area (Å²) in [5.41, 5.74) is 6.63. The number of hydrogen-bond acceptors (Lipinski definition) is 3. The van der Waals surface area contributed by atoms with E-state index >= 15 is 0 Å². The van der Waals surface area contributed by atoms with Gasteiger partial charge in [0.15, 0.2) is 0 Å². The average molecular weight is 289 g/mol. The van der Waals surface area contributed by atoms with E-state index in [-0.39, 0.29) is 36.9 Å². The summed E-state index contributed by atoms with van der Waals surface area (Å²) in [6.07, 6.45) is 1.07. The van der Waals surface area contributed by atoms with Gasteiger partial charge in [-0.1, -0.05) is 18.7 Å². The third kappa shape index (κ3) is 3.47. The molecule has 21 heavy (non-hydrogen) atoms. The number of carbonyl (C=O) groups is 2. The molecule has 110 valence electrons. The van der Waals surface area contributed by atoms with Crippen molar-refractivity contribution in [2.45, 2.75) is 6.42 Å². The molecule has 0 radical (unpaired) electrons. The molecule has 0 fully saturated rings. The van der Waals surface area contributed by atoms with Gasteiger partial charge in [0.2, 0.25) is 5.91 Å². The van der Waals surface area contributed by atoms with Crippen LogP contribution in [0.4, 0.5) is 10.1 Å². The number of anilines is 1. The fraction of sp³-hybridized carbons (Fsp3) is 0.200. The van der Waals surface area contributed by atoms with E-state index in [0.29, 0.717) is 11.3 Å². The molecule has 0 saturated heterocycles. The van der Waals surface area contributed by atoms with Crippen molar-refractivity contribution in [3.05, 3.63) is 54.0 Å². The summed E-state index contributed by atoms with van der Waals surface area (Å²) in [5, 5.41) is 2.65. The molecule has 0 bridgehead atoms. The van der Waals surface area contributed by atoms with E-state index in [1.165, 1.54) is 4.90 Å². The van der Waals surface area contributed by atoms with Crippen LogP contribution in [-0.2, 0) is 4.79 Å². The van der Waals surface area contributed by atoms with Crippen LogP contribution in [0.25, 0.3) is 0 Å². The van der Waals surface area contributed by atoms with Gasteiger partial charge in [-0.05, 0) is 17.7 Å². The fourth-order valence-electron chi connectivity index (χ4n) is 1.95. The molecule has 0 spiro atoms. The number of halogens is 1. The van der Waals surface area contributed by atoms with Crippen molar-refractivity contribution in [3.8, 4) is 0 Å². The largest absolute Gasteiger partial charge is 0.398 e. The topological polar surface area (TPSA) is 75.4 Å². The van der Waals surface area contributed by atoms with Crippen molar-refractivity contribution >= 4 is 17.5 Å². The molecule has 0 saturated carbocycles. The van der Waals surface area contributed by atoms with Crippen LogP contribution in [0.3, 0.4) is 0 Å². The molecule has 1 aromatic rings. The number of nitrogens with two attached hydrogens (primary N) is 1. The van der Waals surface area contributed by atoms with Crippen molar-refractivity contribution in [2.75, 3.05) is 18.8 Å². The summed E-state index contributed by atoms with van der Waals surface area (Å²) in [6, 6.07) is 6.69. The van der Waals surface area contributed by atoms with E-state index in [1.54, 1.807) is 24.3 Å². The lowest BCUT2D eigenvalue weighted by atomic mass is 10.1. The number of carbonyl (C=O) groups excluding carboxylic acids is 2. The number of para-hydroxylation sites is 1. The minimum atomic E-state index is -0.506. The molecule has 5 nitrogen and oxygen atoms in total. The number of allylic oxidation sites excluding steroid dienone is 1. The number of amides is 2. The van der Waals surface area contributed by atoms with Crippen LogP contribution < -0.4 is 11.1 Å². The Labute approximate surface area is 121 Å². The van der Waals surface area contributed by atoms with Gasteiger partial charge in [-0.2, -0.15) is 0 Å². The van der Waals surface area contributed by atoms with Gasteiger partial charge in [0.1, 0.15) is 5.83 Å². The predicted molar refractivity (Wildman–Crippen MR) is 77.8 cm³/mol. The number of hydrogen-bond donors (Lipinski definition) is 2. The zero-order valence-corrected chi connectivity index (χ0v) is 11.4. The molecule has 2 rings (SSSR count). The molecular formula is C15H16FN3O2. The molecular weight excluding hydrogens is 273 g/mol. The van der Waals surface area contributed by atoms with Gasteiger partial charge in [0, 0.05) is 25.0 Å². The number of nitrogen functional groups attached to an aromatic ring is 1. The van der Waals surface area contributed by atoms with E-state index in [4.69, 9.17) is 5.73 Å². The maximum Gasteiger partial charge on any atom is 0.253 e. The predicted octanol–water partition coefficient (Wildman–Crippen LogP) is 1.60. The standard InChI is InChI=1S/C15H16FN3O2/c1-10-8-14(20)19(9-12(10)16)7-6-18-15(21)11-4-2-3-5-13(11)17/h2-5,9H,1,6-8,17H2,(H,18,21). The zero-order chi connectivity index (χ0) is 15.4. The lowest BCUT2D eigenvalue weighted by Gasteiger charge is -2.23. The molecule has 2 amide bonds.